The molecule has 0 bridgehead atoms. The number of carboxylic acids is 1. The van der Waals surface area contributed by atoms with E-state index in [2.05, 4.69) is 5.32 Å². The molecule has 0 unspecified atom stereocenters. The average Bonchev–Trinajstić information content (AvgIpc) is 3.30. The Morgan fingerprint density at radius 3 is 2.24 bits per heavy atom. The molecule has 1 aliphatic rings. The van der Waals surface area contributed by atoms with Crippen molar-refractivity contribution in [2.24, 2.45) is 5.92 Å². The smallest absolute Gasteiger partial charge is 0.322 e. The molecule has 0 saturated carbocycles. The molecule has 0 spiro atoms. The molecule has 1 amide bonds. The van der Waals surface area contributed by atoms with Gasteiger partial charge in [0.2, 0.25) is 0 Å². The van der Waals surface area contributed by atoms with Gasteiger partial charge in [0.05, 0.1) is 5.00 Å². The first kappa shape index (κ1) is 23.8. The summed E-state index contributed by atoms with van der Waals surface area (Å²) in [5, 5.41) is 12.5. The van der Waals surface area contributed by atoms with Crippen molar-refractivity contribution in [2.75, 3.05) is 5.32 Å². The molecule has 1 aliphatic heterocycles. The second kappa shape index (κ2) is 9.13. The number of sulfonamides is 1. The molecule has 0 radical (unpaired) electrons. The molecule has 2 heterocycles. The first-order valence-corrected chi connectivity index (χ1v) is 12.7. The quantitative estimate of drug-likeness (QED) is 0.478. The topological polar surface area (TPSA) is 121 Å². The fourth-order valence-electron chi connectivity index (χ4n) is 3.89. The van der Waals surface area contributed by atoms with Gasteiger partial charge in [0.15, 0.2) is 5.78 Å². The summed E-state index contributed by atoms with van der Waals surface area (Å²) in [6, 6.07) is 15.4. The number of fused-ring (bicyclic) bond motifs is 1. The van der Waals surface area contributed by atoms with E-state index in [1.807, 2.05) is 6.07 Å². The van der Waals surface area contributed by atoms with Crippen molar-refractivity contribution in [1.29, 1.82) is 0 Å². The van der Waals surface area contributed by atoms with Crippen LogP contribution in [0.15, 0.2) is 64.9 Å². The Bertz CT molecular complexity index is 1380. The third-order valence-corrected chi connectivity index (χ3v) is 8.97. The van der Waals surface area contributed by atoms with Crippen LogP contribution in [-0.2, 0) is 21.4 Å². The van der Waals surface area contributed by atoms with Crippen molar-refractivity contribution in [3.63, 3.8) is 0 Å². The first-order chi connectivity index (χ1) is 16.1. The SMILES string of the molecule is CC(C)[C@H](C(=O)O)N1Cc2cc(NC(=O)c3cccc(C(=O)c4ccccc4)c3)sc2S1(=O)=O. The molecule has 0 fully saturated rings. The van der Waals surface area contributed by atoms with Gasteiger partial charge in [0, 0.05) is 28.8 Å². The number of ketones is 1. The zero-order chi connectivity index (χ0) is 24.6. The van der Waals surface area contributed by atoms with E-state index in [1.165, 1.54) is 6.07 Å². The van der Waals surface area contributed by atoms with Crippen LogP contribution in [0.5, 0.6) is 0 Å². The lowest BCUT2D eigenvalue weighted by atomic mass is 10.0. The Balaban J connectivity index is 1.54. The van der Waals surface area contributed by atoms with Crippen LogP contribution in [0, 0.1) is 5.92 Å². The zero-order valence-electron chi connectivity index (χ0n) is 18.4. The normalized spacial score (nSPS) is 15.6. The molecule has 10 heteroatoms. The van der Waals surface area contributed by atoms with E-state index in [9.17, 15) is 27.9 Å². The van der Waals surface area contributed by atoms with Crippen molar-refractivity contribution in [3.05, 3.63) is 82.9 Å². The number of benzene rings is 2. The Hall–Kier alpha value is -3.34. The molecule has 3 aromatic rings. The minimum atomic E-state index is -3.99. The lowest BCUT2D eigenvalue weighted by molar-refractivity contribution is -0.143. The highest BCUT2D eigenvalue weighted by molar-refractivity contribution is 7.91. The maximum absolute atomic E-state index is 13.0. The van der Waals surface area contributed by atoms with Crippen molar-refractivity contribution in [1.82, 2.24) is 4.31 Å². The monoisotopic (exact) mass is 498 g/mol. The van der Waals surface area contributed by atoms with E-state index < -0.39 is 33.9 Å². The Labute approximate surface area is 200 Å². The average molecular weight is 499 g/mol. The Kier molecular flexibility index (Phi) is 6.39. The van der Waals surface area contributed by atoms with Crippen LogP contribution >= 0.6 is 11.3 Å². The van der Waals surface area contributed by atoms with E-state index in [4.69, 9.17) is 0 Å². The highest BCUT2D eigenvalue weighted by atomic mass is 32.2. The molecule has 8 nitrogen and oxygen atoms in total. The summed E-state index contributed by atoms with van der Waals surface area (Å²) >= 11 is 0.882. The number of nitrogens with one attached hydrogen (secondary N) is 1. The molecule has 0 saturated heterocycles. The van der Waals surface area contributed by atoms with Crippen LogP contribution in [0.25, 0.3) is 0 Å². The highest BCUT2D eigenvalue weighted by Gasteiger charge is 2.45. The predicted octanol–water partition coefficient (Wildman–Crippen LogP) is 3.84. The number of carbonyl (C=O) groups is 3. The van der Waals surface area contributed by atoms with Gasteiger partial charge in [-0.1, -0.05) is 56.3 Å². The van der Waals surface area contributed by atoms with Gasteiger partial charge in [-0.15, -0.1) is 11.3 Å². The molecular formula is C24H22N2O6S2. The lowest BCUT2D eigenvalue weighted by Gasteiger charge is -2.25. The fraction of sp³-hybridized carbons (Fsp3) is 0.208. The van der Waals surface area contributed by atoms with Crippen molar-refractivity contribution in [3.8, 4) is 0 Å². The van der Waals surface area contributed by atoms with Crippen LogP contribution in [0.2, 0.25) is 0 Å². The van der Waals surface area contributed by atoms with Gasteiger partial charge >= 0.3 is 5.97 Å². The van der Waals surface area contributed by atoms with Crippen LogP contribution in [0.1, 0.15) is 45.7 Å². The Morgan fingerprint density at radius 2 is 1.62 bits per heavy atom. The van der Waals surface area contributed by atoms with Crippen molar-refractivity contribution < 1.29 is 27.9 Å². The van der Waals surface area contributed by atoms with Crippen LogP contribution in [0.4, 0.5) is 5.00 Å². The molecular weight excluding hydrogens is 476 g/mol. The second-order valence-corrected chi connectivity index (χ2v) is 11.4. The van der Waals surface area contributed by atoms with Gasteiger partial charge < -0.3 is 10.4 Å². The summed E-state index contributed by atoms with van der Waals surface area (Å²) in [5.74, 6) is -2.31. The number of anilines is 1. The van der Waals surface area contributed by atoms with Crippen LogP contribution in [-0.4, -0.2) is 41.5 Å². The summed E-state index contributed by atoms with van der Waals surface area (Å²) in [6.45, 7) is 3.24. The standard InChI is InChI=1S/C24H22N2O6S2/c1-14(2)20(23(29)30)26-13-18-12-19(33-24(18)34(26,31)32)25-22(28)17-10-6-9-16(11-17)21(27)15-7-4-3-5-8-15/h3-12,14,20H,13H2,1-2H3,(H,25,28)(H,29,30)/t20-/m1/s1. The summed E-state index contributed by atoms with van der Waals surface area (Å²) < 4.78 is 27.0. The molecule has 0 aliphatic carbocycles. The number of hydrogen-bond donors (Lipinski definition) is 2. The predicted molar refractivity (Wildman–Crippen MR) is 128 cm³/mol. The summed E-state index contributed by atoms with van der Waals surface area (Å²) in [5.41, 5.74) is 1.57. The fourth-order valence-corrected chi connectivity index (χ4v) is 7.28. The van der Waals surface area contributed by atoms with Crippen LogP contribution in [0.3, 0.4) is 0 Å². The number of amides is 1. The minimum Gasteiger partial charge on any atom is -0.480 e. The third kappa shape index (κ3) is 4.39. The lowest BCUT2D eigenvalue weighted by Crippen LogP contribution is -2.44. The number of aliphatic carboxylic acids is 1. The number of thiophene rings is 1. The van der Waals surface area contributed by atoms with Gasteiger partial charge in [-0.05, 0) is 24.1 Å². The number of rotatable bonds is 7. The van der Waals surface area contributed by atoms with Gasteiger partial charge in [-0.25, -0.2) is 8.42 Å². The van der Waals surface area contributed by atoms with E-state index >= 15 is 0 Å². The summed E-state index contributed by atoms with van der Waals surface area (Å²) in [4.78, 5) is 37.1. The van der Waals surface area contributed by atoms with E-state index in [1.54, 1.807) is 62.4 Å². The van der Waals surface area contributed by atoms with Gasteiger partial charge in [0.25, 0.3) is 15.9 Å². The minimum absolute atomic E-state index is 0.0303. The molecule has 34 heavy (non-hydrogen) atoms. The van der Waals surface area contributed by atoms with Gasteiger partial charge in [-0.2, -0.15) is 4.31 Å². The second-order valence-electron chi connectivity index (χ2n) is 8.23. The van der Waals surface area contributed by atoms with Gasteiger partial charge in [-0.3, -0.25) is 14.4 Å². The molecule has 4 rings (SSSR count). The van der Waals surface area contributed by atoms with Crippen LogP contribution < -0.4 is 5.32 Å². The van der Waals surface area contributed by atoms with E-state index in [0.717, 1.165) is 15.6 Å². The largest absolute Gasteiger partial charge is 0.480 e. The van der Waals surface area contributed by atoms with E-state index in [-0.39, 0.29) is 22.1 Å². The van der Waals surface area contributed by atoms with Gasteiger partial charge in [0.1, 0.15) is 10.3 Å². The maximum atomic E-state index is 13.0. The van der Waals surface area contributed by atoms with Crippen molar-refractivity contribution >= 4 is 44.0 Å². The number of carbonyl (C=O) groups excluding carboxylic acids is 2. The number of carboxylic acid groups (broad SMARTS) is 1. The molecule has 1 aromatic heterocycles. The number of nitrogens with zero attached hydrogens (tertiary/aromatic N) is 1. The number of hydrogen-bond acceptors (Lipinski definition) is 6. The highest BCUT2D eigenvalue weighted by Crippen LogP contribution is 2.41. The first-order valence-electron chi connectivity index (χ1n) is 10.5. The van der Waals surface area contributed by atoms with E-state index in [0.29, 0.717) is 21.7 Å². The Morgan fingerprint density at radius 1 is 0.971 bits per heavy atom. The summed E-state index contributed by atoms with van der Waals surface area (Å²) in [6.07, 6.45) is 0. The zero-order valence-corrected chi connectivity index (χ0v) is 20.0. The molecule has 1 atom stereocenters. The summed E-state index contributed by atoms with van der Waals surface area (Å²) in [7, 11) is -3.99. The molecule has 176 valence electrons. The van der Waals surface area contributed by atoms with Crippen molar-refractivity contribution in [2.45, 2.75) is 30.6 Å². The molecule has 2 N–H and O–H groups in total. The maximum Gasteiger partial charge on any atom is 0.322 e. The third-order valence-electron chi connectivity index (χ3n) is 5.49. The molecule has 2 aromatic carbocycles.